The second-order valence-corrected chi connectivity index (χ2v) is 6.92. The molecule has 0 spiro atoms. The molecule has 3 rings (SSSR count). The minimum Gasteiger partial charge on any atom is -0.490 e. The van der Waals surface area contributed by atoms with Crippen LogP contribution in [0.5, 0.6) is 11.5 Å². The molecule has 0 radical (unpaired) electrons. The topological polar surface area (TPSA) is 63.7 Å². The van der Waals surface area contributed by atoms with Gasteiger partial charge >= 0.3 is 0 Å². The molecule has 1 aliphatic heterocycles. The first-order valence-electron chi connectivity index (χ1n) is 9.40. The summed E-state index contributed by atoms with van der Waals surface area (Å²) in [6.07, 6.45) is 3.47. The molecule has 0 aliphatic carbocycles. The van der Waals surface area contributed by atoms with E-state index in [1.54, 1.807) is 18.5 Å². The Hall–Kier alpha value is -2.60. The van der Waals surface area contributed by atoms with Gasteiger partial charge in [0.2, 0.25) is 0 Å². The molecule has 1 aliphatic rings. The highest BCUT2D eigenvalue weighted by atomic mass is 16.5. The zero-order chi connectivity index (χ0) is 19.2. The zero-order valence-corrected chi connectivity index (χ0v) is 16.1. The maximum Gasteiger partial charge on any atom is 0.254 e. The minimum atomic E-state index is 0.0248. The molecule has 1 amide bonds. The summed E-state index contributed by atoms with van der Waals surface area (Å²) < 4.78 is 11.6. The Morgan fingerprint density at radius 3 is 2.48 bits per heavy atom. The van der Waals surface area contributed by atoms with Crippen molar-refractivity contribution in [3.05, 3.63) is 53.9 Å². The molecule has 2 atom stereocenters. The van der Waals surface area contributed by atoms with E-state index in [2.05, 4.69) is 24.1 Å². The van der Waals surface area contributed by atoms with Crippen molar-refractivity contribution in [1.82, 2.24) is 15.2 Å². The Labute approximate surface area is 160 Å². The number of piperazine rings is 1. The highest BCUT2D eigenvalue weighted by Gasteiger charge is 2.26. The lowest BCUT2D eigenvalue weighted by molar-refractivity contribution is 0.0673. The average Bonchev–Trinajstić information content (AvgIpc) is 2.66. The van der Waals surface area contributed by atoms with Crippen LogP contribution in [0, 0.1) is 0 Å². The average molecular weight is 369 g/mol. The Kier molecular flexibility index (Phi) is 6.29. The smallest absolute Gasteiger partial charge is 0.254 e. The number of hydrogen-bond donors (Lipinski definition) is 1. The van der Waals surface area contributed by atoms with E-state index in [9.17, 15) is 4.79 Å². The van der Waals surface area contributed by atoms with Gasteiger partial charge in [0.25, 0.3) is 5.91 Å². The third-order valence-electron chi connectivity index (χ3n) is 4.48. The van der Waals surface area contributed by atoms with E-state index in [0.717, 1.165) is 5.56 Å². The van der Waals surface area contributed by atoms with Gasteiger partial charge in [-0.25, -0.2) is 0 Å². The van der Waals surface area contributed by atoms with Crippen LogP contribution in [0.1, 0.15) is 36.7 Å². The van der Waals surface area contributed by atoms with Crippen LogP contribution < -0.4 is 14.8 Å². The number of nitrogens with one attached hydrogen (secondary N) is 1. The predicted octanol–water partition coefficient (Wildman–Crippen LogP) is 2.88. The number of hydrogen-bond acceptors (Lipinski definition) is 5. The van der Waals surface area contributed by atoms with Crippen molar-refractivity contribution in [3.8, 4) is 11.5 Å². The molecule has 1 N–H and O–H groups in total. The van der Waals surface area contributed by atoms with Gasteiger partial charge in [-0.3, -0.25) is 9.78 Å². The standard InChI is InChI=1S/C21H27N3O3/c1-4-26-20-11-18(21(25)24-12-15(2)23-16(3)13-24)5-6-19(20)27-14-17-7-9-22-10-8-17/h5-11,15-16,23H,4,12-14H2,1-3H3/t15-,16-/m0/s1. The summed E-state index contributed by atoms with van der Waals surface area (Å²) in [5.74, 6) is 1.25. The Bertz CT molecular complexity index is 757. The lowest BCUT2D eigenvalue weighted by Gasteiger charge is -2.36. The maximum atomic E-state index is 12.9. The van der Waals surface area contributed by atoms with Gasteiger partial charge < -0.3 is 19.7 Å². The van der Waals surface area contributed by atoms with E-state index in [1.807, 2.05) is 36.1 Å². The number of carbonyl (C=O) groups is 1. The summed E-state index contributed by atoms with van der Waals surface area (Å²) >= 11 is 0. The van der Waals surface area contributed by atoms with Crippen molar-refractivity contribution in [3.63, 3.8) is 0 Å². The van der Waals surface area contributed by atoms with Crippen LogP contribution in [0.3, 0.4) is 0 Å². The highest BCUT2D eigenvalue weighted by molar-refractivity contribution is 5.95. The van der Waals surface area contributed by atoms with Gasteiger partial charge in [-0.15, -0.1) is 0 Å². The first kappa shape index (κ1) is 19.2. The van der Waals surface area contributed by atoms with Crippen molar-refractivity contribution < 1.29 is 14.3 Å². The van der Waals surface area contributed by atoms with E-state index in [1.165, 1.54) is 0 Å². The largest absolute Gasteiger partial charge is 0.490 e. The summed E-state index contributed by atoms with van der Waals surface area (Å²) in [5, 5.41) is 3.45. The molecule has 1 aromatic heterocycles. The molecular formula is C21H27N3O3. The third kappa shape index (κ3) is 4.98. The van der Waals surface area contributed by atoms with Gasteiger partial charge in [0, 0.05) is 43.1 Å². The van der Waals surface area contributed by atoms with E-state index in [-0.39, 0.29) is 18.0 Å². The van der Waals surface area contributed by atoms with Crippen LogP contribution in [0.4, 0.5) is 0 Å². The van der Waals surface area contributed by atoms with Crippen molar-refractivity contribution in [1.29, 1.82) is 0 Å². The Balaban J connectivity index is 1.75. The molecule has 2 aromatic rings. The van der Waals surface area contributed by atoms with E-state index < -0.39 is 0 Å². The van der Waals surface area contributed by atoms with Crippen LogP contribution in [-0.2, 0) is 6.61 Å². The van der Waals surface area contributed by atoms with Gasteiger partial charge in [-0.2, -0.15) is 0 Å². The molecule has 27 heavy (non-hydrogen) atoms. The number of benzene rings is 1. The van der Waals surface area contributed by atoms with Gasteiger partial charge in [-0.05, 0) is 56.7 Å². The second kappa shape index (κ2) is 8.86. The molecule has 1 aromatic carbocycles. The maximum absolute atomic E-state index is 12.9. The first-order chi connectivity index (χ1) is 13.1. The van der Waals surface area contributed by atoms with Gasteiger partial charge in [0.05, 0.1) is 6.61 Å². The van der Waals surface area contributed by atoms with Gasteiger partial charge in [-0.1, -0.05) is 0 Å². The molecule has 144 valence electrons. The van der Waals surface area contributed by atoms with Crippen molar-refractivity contribution in [2.24, 2.45) is 0 Å². The number of pyridine rings is 1. The molecule has 0 bridgehead atoms. The fourth-order valence-corrected chi connectivity index (χ4v) is 3.34. The highest BCUT2D eigenvalue weighted by Crippen LogP contribution is 2.30. The van der Waals surface area contributed by atoms with E-state index in [4.69, 9.17) is 9.47 Å². The van der Waals surface area contributed by atoms with Crippen LogP contribution in [0.15, 0.2) is 42.7 Å². The molecule has 6 heteroatoms. The normalized spacial score (nSPS) is 19.6. The van der Waals surface area contributed by atoms with E-state index in [0.29, 0.717) is 43.4 Å². The van der Waals surface area contributed by atoms with Crippen LogP contribution in [0.25, 0.3) is 0 Å². The van der Waals surface area contributed by atoms with Crippen LogP contribution in [0.2, 0.25) is 0 Å². The quantitative estimate of drug-likeness (QED) is 0.848. The Morgan fingerprint density at radius 1 is 1.11 bits per heavy atom. The molecule has 2 heterocycles. The summed E-state index contributed by atoms with van der Waals surface area (Å²) in [5.41, 5.74) is 1.65. The van der Waals surface area contributed by atoms with E-state index >= 15 is 0 Å². The lowest BCUT2D eigenvalue weighted by Crippen LogP contribution is -2.55. The second-order valence-electron chi connectivity index (χ2n) is 6.92. The summed E-state index contributed by atoms with van der Waals surface area (Å²) in [7, 11) is 0. The fourth-order valence-electron chi connectivity index (χ4n) is 3.34. The van der Waals surface area contributed by atoms with Crippen molar-refractivity contribution >= 4 is 5.91 Å². The number of carbonyl (C=O) groups excluding carboxylic acids is 1. The minimum absolute atomic E-state index is 0.0248. The number of aromatic nitrogens is 1. The lowest BCUT2D eigenvalue weighted by atomic mass is 10.1. The zero-order valence-electron chi connectivity index (χ0n) is 16.1. The monoisotopic (exact) mass is 369 g/mol. The molecular weight excluding hydrogens is 342 g/mol. The van der Waals surface area contributed by atoms with Crippen molar-refractivity contribution in [2.45, 2.75) is 39.5 Å². The third-order valence-corrected chi connectivity index (χ3v) is 4.48. The molecule has 6 nitrogen and oxygen atoms in total. The molecule has 0 saturated carbocycles. The Morgan fingerprint density at radius 2 is 1.81 bits per heavy atom. The summed E-state index contributed by atoms with van der Waals surface area (Å²) in [4.78, 5) is 18.8. The number of amides is 1. The fraction of sp³-hybridized carbons (Fsp3) is 0.429. The van der Waals surface area contributed by atoms with Gasteiger partial charge in [0.1, 0.15) is 6.61 Å². The van der Waals surface area contributed by atoms with Crippen molar-refractivity contribution in [2.75, 3.05) is 19.7 Å². The molecule has 1 fully saturated rings. The molecule has 0 unspecified atom stereocenters. The number of rotatable bonds is 6. The van der Waals surface area contributed by atoms with Crippen LogP contribution >= 0.6 is 0 Å². The SMILES string of the molecule is CCOc1cc(C(=O)N2C[C@H](C)N[C@@H](C)C2)ccc1OCc1ccncc1. The number of ether oxygens (including phenoxy) is 2. The summed E-state index contributed by atoms with van der Waals surface area (Å²) in [6.45, 7) is 8.44. The van der Waals surface area contributed by atoms with Gasteiger partial charge in [0.15, 0.2) is 11.5 Å². The first-order valence-corrected chi connectivity index (χ1v) is 9.40. The number of nitrogens with zero attached hydrogens (tertiary/aromatic N) is 2. The summed E-state index contributed by atoms with van der Waals surface area (Å²) in [6, 6.07) is 9.79. The van der Waals surface area contributed by atoms with Crippen LogP contribution in [-0.4, -0.2) is 47.6 Å². The predicted molar refractivity (Wildman–Crippen MR) is 104 cm³/mol. The molecule has 1 saturated heterocycles.